The molecule has 0 aromatic heterocycles. The van der Waals surface area contributed by atoms with Crippen LogP contribution in [-0.2, 0) is 9.59 Å². The number of carbonyl (C=O) groups excluding carboxylic acids is 2. The lowest BCUT2D eigenvalue weighted by molar-refractivity contribution is -0.140. The molecule has 0 bridgehead atoms. The zero-order valence-electron chi connectivity index (χ0n) is 17.2. The maximum atomic E-state index is 12.9. The highest BCUT2D eigenvalue weighted by Crippen LogP contribution is 2.24. The van der Waals surface area contributed by atoms with Gasteiger partial charge in [0, 0.05) is 11.6 Å². The zero-order chi connectivity index (χ0) is 21.4. The molecule has 0 aliphatic rings. The molecule has 0 aliphatic carbocycles. The predicted molar refractivity (Wildman–Crippen MR) is 115 cm³/mol. The summed E-state index contributed by atoms with van der Waals surface area (Å²) in [5, 5.41) is 3.40. The Balaban J connectivity index is 2.04. The number of benzene rings is 2. The van der Waals surface area contributed by atoms with E-state index in [9.17, 15) is 9.59 Å². The molecule has 156 valence electrons. The summed E-state index contributed by atoms with van der Waals surface area (Å²) in [5.41, 5.74) is 1.40. The smallest absolute Gasteiger partial charge is 0.263 e. The largest absolute Gasteiger partial charge is 0.495 e. The summed E-state index contributed by atoms with van der Waals surface area (Å²) in [6, 6.07) is 12.4. The molecule has 1 atom stereocenters. The van der Waals surface area contributed by atoms with Crippen LogP contribution in [0.15, 0.2) is 42.5 Å². The molecule has 1 unspecified atom stereocenters. The highest BCUT2D eigenvalue weighted by Gasteiger charge is 2.24. The fourth-order valence-electron chi connectivity index (χ4n) is 2.89. The van der Waals surface area contributed by atoms with E-state index in [-0.39, 0.29) is 18.4 Å². The van der Waals surface area contributed by atoms with E-state index in [4.69, 9.17) is 21.1 Å². The molecular formula is C22H27ClN2O4. The van der Waals surface area contributed by atoms with Gasteiger partial charge in [-0.1, -0.05) is 30.7 Å². The molecule has 0 fully saturated rings. The molecule has 7 heteroatoms. The van der Waals surface area contributed by atoms with E-state index >= 15 is 0 Å². The number of hydrogen-bond acceptors (Lipinski definition) is 4. The Morgan fingerprint density at radius 2 is 1.90 bits per heavy atom. The third kappa shape index (κ3) is 6.39. The van der Waals surface area contributed by atoms with E-state index < -0.39 is 6.10 Å². The second-order valence-electron chi connectivity index (χ2n) is 6.68. The van der Waals surface area contributed by atoms with Crippen LogP contribution < -0.4 is 14.8 Å². The first-order valence-corrected chi connectivity index (χ1v) is 9.88. The van der Waals surface area contributed by atoms with Crippen LogP contribution >= 0.6 is 11.6 Å². The van der Waals surface area contributed by atoms with Crippen molar-refractivity contribution in [2.24, 2.45) is 0 Å². The van der Waals surface area contributed by atoms with Crippen molar-refractivity contribution in [3.63, 3.8) is 0 Å². The number of methoxy groups -OCH3 is 1. The van der Waals surface area contributed by atoms with Gasteiger partial charge in [-0.25, -0.2) is 0 Å². The van der Waals surface area contributed by atoms with Gasteiger partial charge in [0.15, 0.2) is 6.10 Å². The van der Waals surface area contributed by atoms with Gasteiger partial charge in [0.25, 0.3) is 5.91 Å². The minimum Gasteiger partial charge on any atom is -0.495 e. The molecule has 6 nitrogen and oxygen atoms in total. The summed E-state index contributed by atoms with van der Waals surface area (Å²) in [5.74, 6) is 0.594. The Morgan fingerprint density at radius 3 is 2.55 bits per heavy atom. The molecule has 29 heavy (non-hydrogen) atoms. The zero-order valence-corrected chi connectivity index (χ0v) is 18.0. The first kappa shape index (κ1) is 22.6. The molecular weight excluding hydrogens is 392 g/mol. The number of anilines is 1. The van der Waals surface area contributed by atoms with Crippen molar-refractivity contribution < 1.29 is 19.1 Å². The third-order valence-electron chi connectivity index (χ3n) is 4.31. The van der Waals surface area contributed by atoms with Crippen LogP contribution in [0.25, 0.3) is 0 Å². The summed E-state index contributed by atoms with van der Waals surface area (Å²) in [4.78, 5) is 26.9. The summed E-state index contributed by atoms with van der Waals surface area (Å²) in [7, 11) is 1.54. The molecule has 0 spiro atoms. The van der Waals surface area contributed by atoms with Crippen molar-refractivity contribution in [2.75, 3.05) is 25.5 Å². The fourth-order valence-corrected chi connectivity index (χ4v) is 3.12. The number of carbonyl (C=O) groups is 2. The normalized spacial score (nSPS) is 11.5. The molecule has 1 N–H and O–H groups in total. The van der Waals surface area contributed by atoms with Gasteiger partial charge in [0.2, 0.25) is 5.91 Å². The van der Waals surface area contributed by atoms with E-state index in [2.05, 4.69) is 5.32 Å². The van der Waals surface area contributed by atoms with Gasteiger partial charge >= 0.3 is 0 Å². The standard InChI is InChI=1S/C22H27ClN2O4/c1-5-12-25(14-21(26)24-18-8-6-7-9-20(18)28-4)22(27)16(3)29-19-11-10-17(23)13-15(19)2/h6-11,13,16H,5,12,14H2,1-4H3,(H,24,26). The summed E-state index contributed by atoms with van der Waals surface area (Å²) >= 11 is 5.97. The first-order chi connectivity index (χ1) is 13.8. The van der Waals surface area contributed by atoms with Crippen molar-refractivity contribution in [3.05, 3.63) is 53.1 Å². The van der Waals surface area contributed by atoms with Crippen LogP contribution in [0.1, 0.15) is 25.8 Å². The monoisotopic (exact) mass is 418 g/mol. The predicted octanol–water partition coefficient (Wildman–Crippen LogP) is 4.30. The molecule has 2 aromatic carbocycles. The van der Waals surface area contributed by atoms with Gasteiger partial charge in [-0.05, 0) is 56.2 Å². The topological polar surface area (TPSA) is 67.9 Å². The Bertz CT molecular complexity index is 856. The van der Waals surface area contributed by atoms with Crippen molar-refractivity contribution >= 4 is 29.1 Å². The number of ether oxygens (including phenoxy) is 2. The summed E-state index contributed by atoms with van der Waals surface area (Å²) in [6.07, 6.45) is -0.0131. The maximum absolute atomic E-state index is 12.9. The molecule has 2 rings (SSSR count). The minimum atomic E-state index is -0.736. The molecule has 2 aromatic rings. The van der Waals surface area contributed by atoms with Crippen LogP contribution in [0, 0.1) is 6.92 Å². The Hall–Kier alpha value is -2.73. The SMILES string of the molecule is CCCN(CC(=O)Nc1ccccc1OC)C(=O)C(C)Oc1ccc(Cl)cc1C. The van der Waals surface area contributed by atoms with E-state index in [0.29, 0.717) is 28.8 Å². The number of nitrogens with zero attached hydrogens (tertiary/aromatic N) is 1. The molecule has 0 saturated carbocycles. The number of aryl methyl sites for hydroxylation is 1. The Kier molecular flexibility index (Phi) is 8.34. The van der Waals surface area contributed by atoms with Crippen LogP contribution in [0.5, 0.6) is 11.5 Å². The lowest BCUT2D eigenvalue weighted by Crippen LogP contribution is -2.44. The van der Waals surface area contributed by atoms with E-state index in [1.165, 1.54) is 12.0 Å². The van der Waals surface area contributed by atoms with E-state index in [1.807, 2.05) is 19.9 Å². The van der Waals surface area contributed by atoms with Gasteiger partial charge in [0.1, 0.15) is 11.5 Å². The van der Waals surface area contributed by atoms with Crippen LogP contribution in [0.4, 0.5) is 5.69 Å². The maximum Gasteiger partial charge on any atom is 0.263 e. The summed E-state index contributed by atoms with van der Waals surface area (Å²) in [6.45, 7) is 5.87. The van der Waals surface area contributed by atoms with Crippen molar-refractivity contribution in [1.29, 1.82) is 0 Å². The van der Waals surface area contributed by atoms with E-state index in [1.54, 1.807) is 43.3 Å². The van der Waals surface area contributed by atoms with Crippen molar-refractivity contribution in [1.82, 2.24) is 4.90 Å². The van der Waals surface area contributed by atoms with Gasteiger partial charge in [-0.2, -0.15) is 0 Å². The van der Waals surface area contributed by atoms with Gasteiger partial charge < -0.3 is 19.7 Å². The average molecular weight is 419 g/mol. The molecule has 0 heterocycles. The Labute approximate surface area is 176 Å². The summed E-state index contributed by atoms with van der Waals surface area (Å²) < 4.78 is 11.1. The third-order valence-corrected chi connectivity index (χ3v) is 4.54. The van der Waals surface area contributed by atoms with Crippen molar-refractivity contribution in [2.45, 2.75) is 33.3 Å². The van der Waals surface area contributed by atoms with Crippen LogP contribution in [-0.4, -0.2) is 43.0 Å². The number of para-hydroxylation sites is 2. The Morgan fingerprint density at radius 1 is 1.17 bits per heavy atom. The van der Waals surface area contributed by atoms with Crippen LogP contribution in [0.2, 0.25) is 5.02 Å². The number of nitrogens with one attached hydrogen (secondary N) is 1. The van der Waals surface area contributed by atoms with Gasteiger partial charge in [0.05, 0.1) is 19.3 Å². The molecule has 0 radical (unpaired) electrons. The van der Waals surface area contributed by atoms with E-state index in [0.717, 1.165) is 12.0 Å². The second-order valence-corrected chi connectivity index (χ2v) is 7.11. The average Bonchev–Trinajstić information content (AvgIpc) is 2.69. The minimum absolute atomic E-state index is 0.0714. The number of rotatable bonds is 9. The van der Waals surface area contributed by atoms with Gasteiger partial charge in [-0.3, -0.25) is 9.59 Å². The lowest BCUT2D eigenvalue weighted by atomic mass is 10.2. The first-order valence-electron chi connectivity index (χ1n) is 9.50. The number of halogens is 1. The number of hydrogen-bond donors (Lipinski definition) is 1. The van der Waals surface area contributed by atoms with Crippen molar-refractivity contribution in [3.8, 4) is 11.5 Å². The fraction of sp³-hybridized carbons (Fsp3) is 0.364. The highest BCUT2D eigenvalue weighted by molar-refractivity contribution is 6.30. The highest BCUT2D eigenvalue weighted by atomic mass is 35.5. The second kappa shape index (κ2) is 10.7. The van der Waals surface area contributed by atoms with Crippen LogP contribution in [0.3, 0.4) is 0 Å². The lowest BCUT2D eigenvalue weighted by Gasteiger charge is -2.26. The molecule has 2 amide bonds. The molecule has 0 saturated heterocycles. The van der Waals surface area contributed by atoms with Gasteiger partial charge in [-0.15, -0.1) is 0 Å². The molecule has 0 aliphatic heterocycles. The quantitative estimate of drug-likeness (QED) is 0.659. The number of amides is 2.